The van der Waals surface area contributed by atoms with Gasteiger partial charge >= 0.3 is 12.1 Å². The predicted octanol–water partition coefficient (Wildman–Crippen LogP) is 4.04. The molecule has 0 bridgehead atoms. The number of nitro benzene ring substituents is 1. The maximum Gasteiger partial charge on any atom is 0.416 e. The van der Waals surface area contributed by atoms with Gasteiger partial charge in [0, 0.05) is 6.07 Å². The summed E-state index contributed by atoms with van der Waals surface area (Å²) in [5.74, 6) is -2.67. The Morgan fingerprint density at radius 3 is 2.43 bits per heavy atom. The minimum Gasteiger partial charge on any atom is -0.455 e. The van der Waals surface area contributed by atoms with Crippen molar-refractivity contribution in [2.45, 2.75) is 18.5 Å². The van der Waals surface area contributed by atoms with Crippen molar-refractivity contribution in [2.75, 3.05) is 11.9 Å². The number of alkyl halides is 3. The van der Waals surface area contributed by atoms with Gasteiger partial charge in [-0.15, -0.1) is 0 Å². The van der Waals surface area contributed by atoms with E-state index in [0.717, 1.165) is 11.6 Å². The van der Waals surface area contributed by atoms with Gasteiger partial charge in [-0.2, -0.15) is 13.2 Å². The van der Waals surface area contributed by atoms with Gasteiger partial charge in [0.25, 0.3) is 11.6 Å². The molecule has 2 aromatic carbocycles. The Morgan fingerprint density at radius 1 is 1.17 bits per heavy atom. The average Bonchev–Trinajstić information content (AvgIpc) is 3.47. The molecule has 0 spiro atoms. The number of nitrogens with zero attached hydrogens (tertiary/aromatic N) is 1. The lowest BCUT2D eigenvalue weighted by Gasteiger charge is -2.10. The molecular weight excluding hydrogens is 412 g/mol. The molecule has 1 amide bonds. The maximum atomic E-state index is 12.9. The van der Waals surface area contributed by atoms with Crippen molar-refractivity contribution in [3.05, 3.63) is 69.5 Å². The van der Waals surface area contributed by atoms with Gasteiger partial charge in [0.1, 0.15) is 11.5 Å². The predicted molar refractivity (Wildman–Crippen MR) is 94.9 cm³/mol. The SMILES string of the molecule is O=C(COC(=O)C1CC1c1ccc(F)cc1)Nc1ccc(C(F)(F)F)cc1[N+](=O)[O-]. The van der Waals surface area contributed by atoms with E-state index in [1.807, 2.05) is 0 Å². The fourth-order valence-corrected chi connectivity index (χ4v) is 2.93. The Kier molecular flexibility index (Phi) is 5.72. The van der Waals surface area contributed by atoms with Crippen LogP contribution in [0.1, 0.15) is 23.5 Å². The molecule has 0 aliphatic heterocycles. The summed E-state index contributed by atoms with van der Waals surface area (Å²) in [7, 11) is 0. The van der Waals surface area contributed by atoms with Crippen molar-refractivity contribution >= 4 is 23.3 Å². The summed E-state index contributed by atoms with van der Waals surface area (Å²) in [6, 6.07) is 7.27. The van der Waals surface area contributed by atoms with Crippen LogP contribution in [0.3, 0.4) is 0 Å². The molecule has 0 aromatic heterocycles. The highest BCUT2D eigenvalue weighted by molar-refractivity contribution is 5.95. The van der Waals surface area contributed by atoms with Gasteiger partial charge in [-0.3, -0.25) is 19.7 Å². The summed E-state index contributed by atoms with van der Waals surface area (Å²) in [6.07, 6.45) is -4.31. The zero-order chi connectivity index (χ0) is 22.1. The summed E-state index contributed by atoms with van der Waals surface area (Å²) in [5.41, 5.74) is -1.88. The number of rotatable bonds is 6. The number of amides is 1. The number of nitrogens with one attached hydrogen (secondary N) is 1. The highest BCUT2D eigenvalue weighted by atomic mass is 19.4. The van der Waals surface area contributed by atoms with Gasteiger partial charge < -0.3 is 10.1 Å². The third-order valence-electron chi connectivity index (χ3n) is 4.53. The van der Waals surface area contributed by atoms with Crippen LogP contribution in [-0.2, 0) is 20.5 Å². The highest BCUT2D eigenvalue weighted by Gasteiger charge is 2.45. The second-order valence-corrected chi connectivity index (χ2v) is 6.64. The number of benzene rings is 2. The Balaban J connectivity index is 1.57. The van der Waals surface area contributed by atoms with E-state index in [9.17, 15) is 37.3 Å². The first-order valence-electron chi connectivity index (χ1n) is 8.64. The van der Waals surface area contributed by atoms with E-state index in [4.69, 9.17) is 4.74 Å². The fraction of sp³-hybridized carbons (Fsp3) is 0.263. The number of nitro groups is 1. The number of carbonyl (C=O) groups is 2. The summed E-state index contributed by atoms with van der Waals surface area (Å²) in [4.78, 5) is 33.9. The normalized spacial score (nSPS) is 17.9. The molecule has 1 aliphatic rings. The van der Waals surface area contributed by atoms with Crippen LogP contribution >= 0.6 is 0 Å². The topological polar surface area (TPSA) is 98.5 Å². The molecule has 1 fully saturated rings. The second-order valence-electron chi connectivity index (χ2n) is 6.64. The molecule has 1 N–H and O–H groups in total. The molecule has 0 saturated heterocycles. The van der Waals surface area contributed by atoms with Crippen LogP contribution in [0.2, 0.25) is 0 Å². The van der Waals surface area contributed by atoms with Crippen LogP contribution in [0, 0.1) is 21.8 Å². The smallest absolute Gasteiger partial charge is 0.416 e. The van der Waals surface area contributed by atoms with E-state index in [-0.39, 0.29) is 5.92 Å². The Bertz CT molecular complexity index is 991. The zero-order valence-corrected chi connectivity index (χ0v) is 15.1. The monoisotopic (exact) mass is 426 g/mol. The molecule has 11 heteroatoms. The number of hydrogen-bond donors (Lipinski definition) is 1. The molecular formula is C19H14F4N2O5. The number of esters is 1. The number of carbonyl (C=O) groups excluding carboxylic acids is 2. The van der Waals surface area contributed by atoms with Gasteiger partial charge in [-0.1, -0.05) is 12.1 Å². The zero-order valence-electron chi connectivity index (χ0n) is 15.1. The van der Waals surface area contributed by atoms with E-state index >= 15 is 0 Å². The van der Waals surface area contributed by atoms with Crippen molar-refractivity contribution in [1.82, 2.24) is 0 Å². The molecule has 158 valence electrons. The summed E-state index contributed by atoms with van der Waals surface area (Å²) in [6.45, 7) is -0.760. The lowest BCUT2D eigenvalue weighted by molar-refractivity contribution is -0.384. The standard InChI is InChI=1S/C19H14F4N2O5/c20-12-4-1-10(2-5-12)13-8-14(13)18(27)30-9-17(26)24-15-6-3-11(19(21,22)23)7-16(15)25(28)29/h1-7,13-14H,8-9H2,(H,24,26). The maximum absolute atomic E-state index is 12.9. The van der Waals surface area contributed by atoms with Crippen LogP contribution in [-0.4, -0.2) is 23.4 Å². The lowest BCUT2D eigenvalue weighted by Crippen LogP contribution is -2.22. The van der Waals surface area contributed by atoms with E-state index < -0.39 is 58.3 Å². The Morgan fingerprint density at radius 2 is 1.83 bits per heavy atom. The van der Waals surface area contributed by atoms with Gasteiger partial charge in [0.2, 0.25) is 0 Å². The summed E-state index contributed by atoms with van der Waals surface area (Å²) < 4.78 is 55.9. The quantitative estimate of drug-likeness (QED) is 0.325. The van der Waals surface area contributed by atoms with Gasteiger partial charge in [-0.25, -0.2) is 4.39 Å². The first-order valence-corrected chi connectivity index (χ1v) is 8.64. The largest absolute Gasteiger partial charge is 0.455 e. The van der Waals surface area contributed by atoms with E-state index in [1.165, 1.54) is 12.1 Å². The Labute approximate surface area is 166 Å². The molecule has 0 radical (unpaired) electrons. The van der Waals surface area contributed by atoms with Gasteiger partial charge in [0.05, 0.1) is 16.4 Å². The van der Waals surface area contributed by atoms with Crippen LogP contribution in [0.15, 0.2) is 42.5 Å². The number of anilines is 1. The number of ether oxygens (including phenoxy) is 1. The molecule has 1 saturated carbocycles. The van der Waals surface area contributed by atoms with Crippen molar-refractivity contribution in [1.29, 1.82) is 0 Å². The average molecular weight is 426 g/mol. The van der Waals surface area contributed by atoms with Crippen LogP contribution in [0.4, 0.5) is 28.9 Å². The second kappa shape index (κ2) is 8.09. The van der Waals surface area contributed by atoms with Crippen molar-refractivity contribution in [2.24, 2.45) is 5.92 Å². The van der Waals surface area contributed by atoms with Crippen molar-refractivity contribution in [3.63, 3.8) is 0 Å². The van der Waals surface area contributed by atoms with E-state index in [0.29, 0.717) is 18.6 Å². The molecule has 0 heterocycles. The number of hydrogen-bond acceptors (Lipinski definition) is 5. The van der Waals surface area contributed by atoms with Crippen molar-refractivity contribution < 1.29 is 36.8 Å². The molecule has 2 atom stereocenters. The van der Waals surface area contributed by atoms with E-state index in [1.54, 1.807) is 12.1 Å². The summed E-state index contributed by atoms with van der Waals surface area (Å²) in [5, 5.41) is 13.1. The third-order valence-corrected chi connectivity index (χ3v) is 4.53. The minimum atomic E-state index is -4.78. The van der Waals surface area contributed by atoms with Crippen LogP contribution in [0.25, 0.3) is 0 Å². The highest BCUT2D eigenvalue weighted by Crippen LogP contribution is 2.48. The van der Waals surface area contributed by atoms with Crippen LogP contribution < -0.4 is 5.32 Å². The molecule has 1 aliphatic carbocycles. The summed E-state index contributed by atoms with van der Waals surface area (Å²) >= 11 is 0. The molecule has 2 unspecified atom stereocenters. The number of halogens is 4. The third kappa shape index (κ3) is 4.91. The van der Waals surface area contributed by atoms with Crippen molar-refractivity contribution in [3.8, 4) is 0 Å². The van der Waals surface area contributed by atoms with Crippen LogP contribution in [0.5, 0.6) is 0 Å². The molecule has 7 nitrogen and oxygen atoms in total. The van der Waals surface area contributed by atoms with E-state index in [2.05, 4.69) is 5.32 Å². The first-order chi connectivity index (χ1) is 14.1. The molecule has 3 rings (SSSR count). The first kappa shape index (κ1) is 21.2. The molecule has 30 heavy (non-hydrogen) atoms. The lowest BCUT2D eigenvalue weighted by atomic mass is 10.1. The Hall–Kier alpha value is -3.50. The fourth-order valence-electron chi connectivity index (χ4n) is 2.93. The van der Waals surface area contributed by atoms with Gasteiger partial charge in [-0.05, 0) is 42.2 Å². The minimum absolute atomic E-state index is 0.155. The molecule has 2 aromatic rings. The van der Waals surface area contributed by atoms with Gasteiger partial charge in [0.15, 0.2) is 6.61 Å².